The largest absolute Gasteiger partial charge is 0.469 e. The van der Waals surface area contributed by atoms with Crippen LogP contribution < -0.4 is 16.4 Å². The molecule has 20 heteroatoms. The van der Waals surface area contributed by atoms with E-state index in [1.165, 1.54) is 24.3 Å². The van der Waals surface area contributed by atoms with Gasteiger partial charge in [0.1, 0.15) is 18.2 Å². The Labute approximate surface area is 330 Å². The van der Waals surface area contributed by atoms with Gasteiger partial charge in [-0.3, -0.25) is 33.3 Å². The second-order valence-corrected chi connectivity index (χ2v) is 15.7. The lowest BCUT2D eigenvalue weighted by atomic mass is 9.89. The summed E-state index contributed by atoms with van der Waals surface area (Å²) < 4.78 is 15.8. The number of aryl methyl sites for hydroxylation is 1. The Balaban J connectivity index is 1.72. The van der Waals surface area contributed by atoms with Crippen molar-refractivity contribution in [2.24, 2.45) is 28.6 Å². The molecular weight excluding hydrogens is 765 g/mol. The van der Waals surface area contributed by atoms with Crippen LogP contribution in [0.1, 0.15) is 71.1 Å². The van der Waals surface area contributed by atoms with Gasteiger partial charge in [0.25, 0.3) is 0 Å². The second-order valence-electron chi connectivity index (χ2n) is 14.5. The summed E-state index contributed by atoms with van der Waals surface area (Å²) in [7, 11) is -5.06. The van der Waals surface area contributed by atoms with Crippen molar-refractivity contribution in [3.05, 3.63) is 54.1 Å². The molecule has 0 saturated carbocycles. The van der Waals surface area contributed by atoms with Crippen molar-refractivity contribution in [3.8, 4) is 0 Å². The summed E-state index contributed by atoms with van der Waals surface area (Å²) in [6, 6.07) is 6.24. The highest BCUT2D eigenvalue weighted by Crippen LogP contribution is 2.39. The van der Waals surface area contributed by atoms with E-state index in [0.717, 1.165) is 18.9 Å². The van der Waals surface area contributed by atoms with E-state index in [4.69, 9.17) is 20.4 Å². The normalized spacial score (nSPS) is 18.4. The number of ketones is 2. The van der Waals surface area contributed by atoms with E-state index in [2.05, 4.69) is 30.3 Å². The standard InChI is InChI=1S/C37H54N7O12P/c1-22(2)13-30(42-37(51)32-16-28(19-44(32)24(4)46)55-41-12-8-11-25-9-6-5-7-10-25)33(47)15-26(14-27-18-39-21-40-27)36(50)43-31(20-45)34(48)17-29(35(38)49)23(3)56-57(52,53)54/h5-7,9-10,12,18,21-23,26,28-32,45H,8,11,13-17,19-20H2,1-4H3,(H2,38,49)(H,39,40)(H,42,51)(H,43,50)(H2,52,53,54)/b41-12+/t23-,26-,28-,29+,30+,31+,32+/m1/s1. The highest BCUT2D eigenvalue weighted by molar-refractivity contribution is 7.46. The fourth-order valence-electron chi connectivity index (χ4n) is 6.51. The molecule has 2 heterocycles. The molecule has 3 rings (SSSR count). The van der Waals surface area contributed by atoms with Crippen LogP contribution in [0.3, 0.4) is 0 Å². The van der Waals surface area contributed by atoms with Crippen LogP contribution in [0.4, 0.5) is 0 Å². The van der Waals surface area contributed by atoms with Crippen molar-refractivity contribution in [1.82, 2.24) is 25.5 Å². The van der Waals surface area contributed by atoms with Crippen molar-refractivity contribution >= 4 is 49.2 Å². The third-order valence-corrected chi connectivity index (χ3v) is 10.1. The van der Waals surface area contributed by atoms with Crippen LogP contribution >= 0.6 is 7.82 Å². The minimum atomic E-state index is -5.06. The van der Waals surface area contributed by atoms with Gasteiger partial charge in [-0.15, -0.1) is 0 Å². The Hall–Kier alpha value is -4.81. The number of nitrogens with two attached hydrogens (primary N) is 1. The molecule has 0 spiro atoms. The first kappa shape index (κ1) is 46.6. The molecule has 0 bridgehead atoms. The summed E-state index contributed by atoms with van der Waals surface area (Å²) in [5, 5.41) is 19.3. The van der Waals surface area contributed by atoms with E-state index >= 15 is 0 Å². The lowest BCUT2D eigenvalue weighted by molar-refractivity contribution is -0.138. The van der Waals surface area contributed by atoms with Crippen LogP contribution in [0, 0.1) is 17.8 Å². The van der Waals surface area contributed by atoms with E-state index in [1.54, 1.807) is 6.21 Å². The van der Waals surface area contributed by atoms with Gasteiger partial charge in [0.05, 0.1) is 43.5 Å². The minimum Gasteiger partial charge on any atom is -0.394 e. The van der Waals surface area contributed by atoms with Gasteiger partial charge in [-0.05, 0) is 37.7 Å². The zero-order chi connectivity index (χ0) is 42.3. The highest BCUT2D eigenvalue weighted by Gasteiger charge is 2.41. The highest BCUT2D eigenvalue weighted by atomic mass is 31.2. The predicted octanol–water partition coefficient (Wildman–Crippen LogP) is 0.719. The molecule has 0 unspecified atom stereocenters. The number of carbonyl (C=O) groups excluding carboxylic acids is 6. The third kappa shape index (κ3) is 15.6. The van der Waals surface area contributed by atoms with Gasteiger partial charge in [-0.25, -0.2) is 9.55 Å². The molecule has 1 aliphatic rings. The third-order valence-electron chi connectivity index (χ3n) is 9.46. The molecule has 8 N–H and O–H groups in total. The maximum Gasteiger partial charge on any atom is 0.469 e. The van der Waals surface area contributed by atoms with Crippen LogP contribution in [0.15, 0.2) is 48.0 Å². The van der Waals surface area contributed by atoms with Gasteiger partial charge >= 0.3 is 7.82 Å². The number of rotatable bonds is 24. The SMILES string of the molecule is CC(=O)N1C[C@H](O/N=C/CCc2ccccc2)C[C@H]1C(=O)N[C@@H](CC(C)C)C(=O)C[C@@H](Cc1cnc[nH]1)C(=O)N[C@@H](CO)C(=O)C[C@H](C(N)=O)[C@@H](C)OP(=O)(O)O. The summed E-state index contributed by atoms with van der Waals surface area (Å²) in [6.07, 6.45) is 2.88. The van der Waals surface area contributed by atoms with Crippen LogP contribution in [0.2, 0.25) is 0 Å². The quantitative estimate of drug-likeness (QED) is 0.0437. The smallest absolute Gasteiger partial charge is 0.394 e. The molecule has 0 radical (unpaired) electrons. The maximum atomic E-state index is 14.0. The average Bonchev–Trinajstić information content (AvgIpc) is 3.82. The monoisotopic (exact) mass is 819 g/mol. The van der Waals surface area contributed by atoms with Crippen molar-refractivity contribution in [2.75, 3.05) is 13.2 Å². The first-order valence-electron chi connectivity index (χ1n) is 18.6. The number of benzene rings is 1. The maximum absolute atomic E-state index is 14.0. The number of hydrogen-bond donors (Lipinski definition) is 7. The number of primary amides is 1. The van der Waals surface area contributed by atoms with E-state index in [-0.39, 0.29) is 37.6 Å². The van der Waals surface area contributed by atoms with Crippen molar-refractivity contribution in [3.63, 3.8) is 0 Å². The molecule has 1 aliphatic heterocycles. The number of phosphoric ester groups is 1. The number of aliphatic hydroxyl groups is 1. The summed E-state index contributed by atoms with van der Waals surface area (Å²) in [5.74, 6) is -7.02. The number of aliphatic hydroxyl groups excluding tert-OH is 1. The molecule has 314 valence electrons. The molecule has 1 saturated heterocycles. The number of aromatic amines is 1. The number of aromatic nitrogens is 2. The van der Waals surface area contributed by atoms with E-state index in [0.29, 0.717) is 12.1 Å². The van der Waals surface area contributed by atoms with Crippen LogP contribution in [0.25, 0.3) is 0 Å². The zero-order valence-corrected chi connectivity index (χ0v) is 33.4. The predicted molar refractivity (Wildman–Crippen MR) is 205 cm³/mol. The Kier molecular flexibility index (Phi) is 18.1. The Morgan fingerprint density at radius 3 is 2.33 bits per heavy atom. The van der Waals surface area contributed by atoms with Gasteiger partial charge < -0.3 is 46.0 Å². The molecule has 4 amide bonds. The number of Topliss-reactive ketones (excluding diaryl/α,β-unsaturated/α-hetero) is 2. The van der Waals surface area contributed by atoms with Crippen LogP contribution in [-0.4, -0.2) is 115 Å². The van der Waals surface area contributed by atoms with E-state index in [9.17, 15) is 38.4 Å². The number of imidazole rings is 1. The van der Waals surface area contributed by atoms with Crippen molar-refractivity contribution in [1.29, 1.82) is 0 Å². The molecule has 1 aromatic heterocycles. The average molecular weight is 820 g/mol. The zero-order valence-electron chi connectivity index (χ0n) is 32.5. The number of likely N-dealkylation sites (tertiary alicyclic amines) is 1. The van der Waals surface area contributed by atoms with Crippen molar-refractivity contribution < 1.29 is 57.6 Å². The first-order chi connectivity index (χ1) is 26.9. The number of phosphoric acid groups is 1. The van der Waals surface area contributed by atoms with Gasteiger partial charge in [0.15, 0.2) is 11.6 Å². The van der Waals surface area contributed by atoms with Gasteiger partial charge in [0, 0.05) is 50.7 Å². The molecule has 7 atom stereocenters. The van der Waals surface area contributed by atoms with Crippen molar-refractivity contribution in [2.45, 2.75) is 103 Å². The Bertz CT molecular complexity index is 1740. The molecule has 2 aromatic rings. The summed E-state index contributed by atoms with van der Waals surface area (Å²) in [4.78, 5) is 111. The fraction of sp³-hybridized carbons (Fsp3) is 0.568. The number of amides is 4. The Morgan fingerprint density at radius 2 is 1.75 bits per heavy atom. The number of nitrogens with one attached hydrogen (secondary N) is 3. The summed E-state index contributed by atoms with van der Waals surface area (Å²) in [5.41, 5.74) is 6.97. The van der Waals surface area contributed by atoms with Crippen LogP contribution in [-0.2, 0) is 55.5 Å². The van der Waals surface area contributed by atoms with E-state index < -0.39 is 98.7 Å². The van der Waals surface area contributed by atoms with Gasteiger partial charge in [0.2, 0.25) is 23.6 Å². The minimum absolute atomic E-state index is 0.0606. The molecular formula is C37H54N7O12P. The topological polar surface area (TPSA) is 293 Å². The molecule has 1 aromatic carbocycles. The summed E-state index contributed by atoms with van der Waals surface area (Å²) in [6.45, 7) is 5.35. The number of nitrogens with zero attached hydrogens (tertiary/aromatic N) is 3. The molecule has 19 nitrogen and oxygen atoms in total. The lowest BCUT2D eigenvalue weighted by Crippen LogP contribution is -2.52. The first-order valence-corrected chi connectivity index (χ1v) is 20.2. The number of oxime groups is 1. The van der Waals surface area contributed by atoms with Crippen LogP contribution in [0.5, 0.6) is 0 Å². The van der Waals surface area contributed by atoms with E-state index in [1.807, 2.05) is 44.2 Å². The number of H-pyrrole nitrogens is 1. The molecule has 1 fully saturated rings. The number of carbonyl (C=O) groups is 6. The fourth-order valence-corrected chi connectivity index (χ4v) is 7.09. The molecule has 57 heavy (non-hydrogen) atoms. The summed E-state index contributed by atoms with van der Waals surface area (Å²) >= 11 is 0. The Morgan fingerprint density at radius 1 is 1.07 bits per heavy atom. The lowest BCUT2D eigenvalue weighted by Gasteiger charge is -2.27. The van der Waals surface area contributed by atoms with Gasteiger partial charge in [-0.1, -0.05) is 49.3 Å². The van der Waals surface area contributed by atoms with Gasteiger partial charge in [-0.2, -0.15) is 0 Å². The number of hydrogen-bond acceptors (Lipinski definition) is 12. The second kappa shape index (κ2) is 22.2. The molecule has 0 aliphatic carbocycles.